The molecule has 1 amide bonds. The topological polar surface area (TPSA) is 67.6 Å². The summed E-state index contributed by atoms with van der Waals surface area (Å²) >= 11 is 0. The second-order valence-corrected chi connectivity index (χ2v) is 5.28. The lowest BCUT2D eigenvalue weighted by atomic mass is 10.1. The summed E-state index contributed by atoms with van der Waals surface area (Å²) in [5.74, 6) is 0.623. The van der Waals surface area contributed by atoms with Gasteiger partial charge in [0.15, 0.2) is 0 Å². The lowest BCUT2D eigenvalue weighted by Gasteiger charge is -2.16. The number of fused-ring (bicyclic) bond motifs is 1. The number of rotatable bonds is 5. The number of carbonyl (C=O) groups excluding carboxylic acids is 1. The Morgan fingerprint density at radius 1 is 1.47 bits per heavy atom. The second kappa shape index (κ2) is 4.83. The zero-order chi connectivity index (χ0) is 13.4. The first-order chi connectivity index (χ1) is 9.15. The zero-order valence-corrected chi connectivity index (χ0v) is 11.1. The van der Waals surface area contributed by atoms with E-state index in [0.717, 1.165) is 29.6 Å². The third-order valence-corrected chi connectivity index (χ3v) is 3.78. The molecule has 1 aromatic carbocycles. The van der Waals surface area contributed by atoms with Gasteiger partial charge in [0.05, 0.1) is 0 Å². The van der Waals surface area contributed by atoms with Crippen molar-refractivity contribution in [1.29, 1.82) is 0 Å². The van der Waals surface area contributed by atoms with Crippen LogP contribution >= 0.6 is 0 Å². The third-order valence-electron chi connectivity index (χ3n) is 3.78. The Morgan fingerprint density at radius 3 is 3.00 bits per heavy atom. The number of amides is 1. The molecule has 1 aliphatic heterocycles. The summed E-state index contributed by atoms with van der Waals surface area (Å²) in [5.41, 5.74) is 7.37. The lowest BCUT2D eigenvalue weighted by Crippen LogP contribution is -2.26. The van der Waals surface area contributed by atoms with Gasteiger partial charge in [0.2, 0.25) is 5.91 Å². The van der Waals surface area contributed by atoms with Crippen molar-refractivity contribution in [3.63, 3.8) is 0 Å². The molecule has 1 fully saturated rings. The van der Waals surface area contributed by atoms with E-state index < -0.39 is 6.04 Å². The molecule has 0 bridgehead atoms. The van der Waals surface area contributed by atoms with Crippen LogP contribution in [0.5, 0.6) is 5.75 Å². The standard InChI is InChI=1S/C14H19N3O2/c1-17(9-2-3-9)6-7-19-10-4-5-11-12(8-10)16-14(18)13(11)15/h4-5,8-9,13H,2-3,6-7,15H2,1H3,(H,16,18). The molecule has 1 aromatic rings. The number of hydrogen-bond donors (Lipinski definition) is 2. The van der Waals surface area contributed by atoms with Gasteiger partial charge in [-0.05, 0) is 26.0 Å². The van der Waals surface area contributed by atoms with Crippen molar-refractivity contribution in [2.45, 2.75) is 24.9 Å². The van der Waals surface area contributed by atoms with Gasteiger partial charge in [-0.15, -0.1) is 0 Å². The Labute approximate surface area is 112 Å². The number of ether oxygens (including phenoxy) is 1. The highest BCUT2D eigenvalue weighted by molar-refractivity contribution is 6.02. The van der Waals surface area contributed by atoms with Gasteiger partial charge < -0.3 is 20.7 Å². The molecule has 2 aliphatic rings. The maximum atomic E-state index is 11.4. The molecule has 0 aromatic heterocycles. The van der Waals surface area contributed by atoms with Crippen molar-refractivity contribution in [2.24, 2.45) is 5.73 Å². The number of nitrogens with two attached hydrogens (primary N) is 1. The highest BCUT2D eigenvalue weighted by Crippen LogP contribution is 2.32. The summed E-state index contributed by atoms with van der Waals surface area (Å²) in [6.45, 7) is 1.58. The molecule has 19 heavy (non-hydrogen) atoms. The number of nitrogens with one attached hydrogen (secondary N) is 1. The van der Waals surface area contributed by atoms with Crippen LogP contribution in [-0.4, -0.2) is 37.0 Å². The normalized spacial score (nSPS) is 21.4. The van der Waals surface area contributed by atoms with Gasteiger partial charge in [0.1, 0.15) is 18.4 Å². The van der Waals surface area contributed by atoms with Crippen LogP contribution in [-0.2, 0) is 4.79 Å². The molecule has 1 aliphatic carbocycles. The van der Waals surface area contributed by atoms with Crippen LogP contribution < -0.4 is 15.8 Å². The molecule has 1 heterocycles. The monoisotopic (exact) mass is 261 g/mol. The smallest absolute Gasteiger partial charge is 0.245 e. The van der Waals surface area contributed by atoms with E-state index in [4.69, 9.17) is 10.5 Å². The Kier molecular flexibility index (Phi) is 3.16. The predicted octanol–water partition coefficient (Wildman–Crippen LogP) is 1.11. The van der Waals surface area contributed by atoms with Crippen LogP contribution in [0.1, 0.15) is 24.4 Å². The maximum Gasteiger partial charge on any atom is 0.245 e. The molecule has 3 N–H and O–H groups in total. The zero-order valence-electron chi connectivity index (χ0n) is 11.1. The largest absolute Gasteiger partial charge is 0.492 e. The first kappa shape index (κ1) is 12.4. The van der Waals surface area contributed by atoms with Gasteiger partial charge in [0, 0.05) is 29.9 Å². The van der Waals surface area contributed by atoms with E-state index in [9.17, 15) is 4.79 Å². The molecule has 1 unspecified atom stereocenters. The first-order valence-electron chi connectivity index (χ1n) is 6.68. The van der Waals surface area contributed by atoms with E-state index in [1.165, 1.54) is 12.8 Å². The number of anilines is 1. The van der Waals surface area contributed by atoms with Crippen molar-refractivity contribution in [3.8, 4) is 5.75 Å². The number of likely N-dealkylation sites (N-methyl/N-ethyl adjacent to an activating group) is 1. The van der Waals surface area contributed by atoms with Crippen LogP contribution in [0.4, 0.5) is 5.69 Å². The lowest BCUT2D eigenvalue weighted by molar-refractivity contribution is -0.116. The molecule has 3 rings (SSSR count). The second-order valence-electron chi connectivity index (χ2n) is 5.28. The van der Waals surface area contributed by atoms with Crippen LogP contribution in [0.3, 0.4) is 0 Å². The number of hydrogen-bond acceptors (Lipinski definition) is 4. The highest BCUT2D eigenvalue weighted by Gasteiger charge is 2.27. The van der Waals surface area contributed by atoms with Gasteiger partial charge in [0.25, 0.3) is 0 Å². The summed E-state index contributed by atoms with van der Waals surface area (Å²) in [5, 5.41) is 2.76. The summed E-state index contributed by atoms with van der Waals surface area (Å²) in [4.78, 5) is 13.8. The van der Waals surface area contributed by atoms with Gasteiger partial charge in [-0.3, -0.25) is 4.79 Å². The molecule has 1 saturated carbocycles. The van der Waals surface area contributed by atoms with Crippen molar-refractivity contribution >= 4 is 11.6 Å². The third kappa shape index (κ3) is 2.57. The SMILES string of the molecule is CN(CCOc1ccc2c(c1)NC(=O)C2N)C1CC1. The molecule has 1 atom stereocenters. The van der Waals surface area contributed by atoms with Crippen molar-refractivity contribution in [3.05, 3.63) is 23.8 Å². The van der Waals surface area contributed by atoms with Crippen LogP contribution in [0.15, 0.2) is 18.2 Å². The highest BCUT2D eigenvalue weighted by atomic mass is 16.5. The minimum Gasteiger partial charge on any atom is -0.492 e. The predicted molar refractivity (Wildman–Crippen MR) is 73.1 cm³/mol. The van der Waals surface area contributed by atoms with Crippen molar-refractivity contribution < 1.29 is 9.53 Å². The summed E-state index contributed by atoms with van der Waals surface area (Å²) in [6, 6.07) is 5.77. The van der Waals surface area contributed by atoms with Gasteiger partial charge in [-0.25, -0.2) is 0 Å². The Bertz CT molecular complexity index is 499. The average Bonchev–Trinajstić information content (AvgIpc) is 3.18. The van der Waals surface area contributed by atoms with Crippen LogP contribution in [0.2, 0.25) is 0 Å². The molecule has 102 valence electrons. The fourth-order valence-electron chi connectivity index (χ4n) is 2.36. The summed E-state index contributed by atoms with van der Waals surface area (Å²) in [7, 11) is 2.13. The molecule has 0 spiro atoms. The van der Waals surface area contributed by atoms with Gasteiger partial charge in [-0.2, -0.15) is 0 Å². The van der Waals surface area contributed by atoms with Gasteiger partial charge in [-0.1, -0.05) is 6.07 Å². The Balaban J connectivity index is 1.57. The average molecular weight is 261 g/mol. The summed E-state index contributed by atoms with van der Waals surface area (Å²) in [6.07, 6.45) is 2.61. The molecular formula is C14H19N3O2. The van der Waals surface area contributed by atoms with E-state index in [1.807, 2.05) is 18.2 Å². The maximum absolute atomic E-state index is 11.4. The minimum absolute atomic E-state index is 0.152. The molecule has 0 saturated heterocycles. The number of nitrogens with zero attached hydrogens (tertiary/aromatic N) is 1. The van der Waals surface area contributed by atoms with E-state index >= 15 is 0 Å². The van der Waals surface area contributed by atoms with Crippen molar-refractivity contribution in [2.75, 3.05) is 25.5 Å². The fourth-order valence-corrected chi connectivity index (χ4v) is 2.36. The minimum atomic E-state index is -0.551. The summed E-state index contributed by atoms with van der Waals surface area (Å²) < 4.78 is 5.72. The molecular weight excluding hydrogens is 242 g/mol. The molecule has 5 nitrogen and oxygen atoms in total. The molecule has 5 heteroatoms. The number of carbonyl (C=O) groups is 1. The van der Waals surface area contributed by atoms with Crippen LogP contribution in [0.25, 0.3) is 0 Å². The first-order valence-corrected chi connectivity index (χ1v) is 6.68. The molecule has 0 radical (unpaired) electrons. The van der Waals surface area contributed by atoms with Gasteiger partial charge >= 0.3 is 0 Å². The van der Waals surface area contributed by atoms with E-state index in [0.29, 0.717) is 6.61 Å². The Morgan fingerprint density at radius 2 is 2.26 bits per heavy atom. The van der Waals surface area contributed by atoms with E-state index in [2.05, 4.69) is 17.3 Å². The van der Waals surface area contributed by atoms with Crippen LogP contribution in [0, 0.1) is 0 Å². The van der Waals surface area contributed by atoms with E-state index in [-0.39, 0.29) is 5.91 Å². The number of benzene rings is 1. The van der Waals surface area contributed by atoms with E-state index in [1.54, 1.807) is 0 Å². The quantitative estimate of drug-likeness (QED) is 0.833. The van der Waals surface area contributed by atoms with Crippen molar-refractivity contribution in [1.82, 2.24) is 4.90 Å². The Hall–Kier alpha value is -1.59. The fraction of sp³-hybridized carbons (Fsp3) is 0.500.